The summed E-state index contributed by atoms with van der Waals surface area (Å²) in [5, 5.41) is 0. The number of para-hydroxylation sites is 1. The molecule has 0 radical (unpaired) electrons. The van der Waals surface area contributed by atoms with Gasteiger partial charge in [-0.2, -0.15) is 0 Å². The van der Waals surface area contributed by atoms with Crippen LogP contribution in [0, 0.1) is 5.41 Å². The van der Waals surface area contributed by atoms with Crippen LogP contribution in [-0.4, -0.2) is 7.11 Å². The third-order valence-corrected chi connectivity index (χ3v) is 3.20. The minimum Gasteiger partial charge on any atom is -0.497 e. The van der Waals surface area contributed by atoms with Crippen molar-refractivity contribution in [3.8, 4) is 11.5 Å². The molecule has 0 aliphatic carbocycles. The van der Waals surface area contributed by atoms with Gasteiger partial charge in [0, 0.05) is 5.41 Å². The lowest BCUT2D eigenvalue weighted by molar-refractivity contribution is 0.0868. The second-order valence-electron chi connectivity index (χ2n) is 5.95. The second-order valence-corrected chi connectivity index (χ2v) is 5.95. The van der Waals surface area contributed by atoms with E-state index >= 15 is 0 Å². The fourth-order valence-corrected chi connectivity index (χ4v) is 2.16. The lowest BCUT2D eigenvalue weighted by atomic mass is 9.84. The van der Waals surface area contributed by atoms with E-state index in [4.69, 9.17) is 9.47 Å². The van der Waals surface area contributed by atoms with Crippen molar-refractivity contribution < 1.29 is 9.47 Å². The number of benzene rings is 2. The molecule has 0 aliphatic rings. The lowest BCUT2D eigenvalue weighted by Crippen LogP contribution is -2.23. The van der Waals surface area contributed by atoms with E-state index in [1.54, 1.807) is 7.11 Å². The molecular weight excluding hydrogens is 248 g/mol. The average molecular weight is 270 g/mol. The summed E-state index contributed by atoms with van der Waals surface area (Å²) in [5.74, 6) is 1.75. The Bertz CT molecular complexity index is 524. The molecular formula is C18H22O2. The van der Waals surface area contributed by atoms with Crippen LogP contribution in [0.25, 0.3) is 0 Å². The summed E-state index contributed by atoms with van der Waals surface area (Å²) < 4.78 is 11.4. The Hall–Kier alpha value is -1.96. The van der Waals surface area contributed by atoms with Gasteiger partial charge in [0.05, 0.1) is 7.11 Å². The number of hydrogen-bond donors (Lipinski definition) is 0. The minimum atomic E-state index is -0.00388. The van der Waals surface area contributed by atoms with Gasteiger partial charge in [0.15, 0.2) is 0 Å². The van der Waals surface area contributed by atoms with E-state index in [0.717, 1.165) is 17.1 Å². The highest BCUT2D eigenvalue weighted by Crippen LogP contribution is 2.37. The largest absolute Gasteiger partial charge is 0.497 e. The van der Waals surface area contributed by atoms with Gasteiger partial charge in [-0.05, 0) is 29.8 Å². The van der Waals surface area contributed by atoms with Crippen molar-refractivity contribution >= 4 is 0 Å². The van der Waals surface area contributed by atoms with Gasteiger partial charge in [0.2, 0.25) is 0 Å². The minimum absolute atomic E-state index is 0.00388. The fraction of sp³-hybridized carbons (Fsp3) is 0.333. The topological polar surface area (TPSA) is 18.5 Å². The molecule has 2 rings (SSSR count). The molecule has 0 saturated carbocycles. The zero-order valence-electron chi connectivity index (χ0n) is 12.6. The Morgan fingerprint density at radius 1 is 0.800 bits per heavy atom. The molecule has 0 heterocycles. The van der Waals surface area contributed by atoms with Crippen LogP contribution in [0.15, 0.2) is 54.6 Å². The maximum atomic E-state index is 6.20. The number of methoxy groups -OCH3 is 1. The van der Waals surface area contributed by atoms with Crippen LogP contribution >= 0.6 is 0 Å². The number of hydrogen-bond acceptors (Lipinski definition) is 2. The van der Waals surface area contributed by atoms with Crippen LogP contribution in [0.1, 0.15) is 32.4 Å². The zero-order valence-corrected chi connectivity index (χ0v) is 12.6. The molecule has 0 bridgehead atoms. The highest BCUT2D eigenvalue weighted by Gasteiger charge is 2.28. The molecule has 0 spiro atoms. The van der Waals surface area contributed by atoms with Gasteiger partial charge in [-0.1, -0.05) is 51.1 Å². The van der Waals surface area contributed by atoms with Gasteiger partial charge in [-0.3, -0.25) is 0 Å². The van der Waals surface area contributed by atoms with Crippen LogP contribution in [0.3, 0.4) is 0 Å². The predicted molar refractivity (Wildman–Crippen MR) is 82.3 cm³/mol. The van der Waals surface area contributed by atoms with Crippen LogP contribution in [0.5, 0.6) is 11.5 Å². The predicted octanol–water partition coefficient (Wildman–Crippen LogP) is 4.86. The van der Waals surface area contributed by atoms with Gasteiger partial charge in [-0.15, -0.1) is 0 Å². The molecule has 106 valence electrons. The van der Waals surface area contributed by atoms with Gasteiger partial charge >= 0.3 is 0 Å². The van der Waals surface area contributed by atoms with Gasteiger partial charge in [0.1, 0.15) is 17.6 Å². The molecule has 2 nitrogen and oxygen atoms in total. The Balaban J connectivity index is 2.28. The van der Waals surface area contributed by atoms with Crippen molar-refractivity contribution in [2.24, 2.45) is 5.41 Å². The third-order valence-electron chi connectivity index (χ3n) is 3.20. The van der Waals surface area contributed by atoms with Crippen molar-refractivity contribution in [2.45, 2.75) is 26.9 Å². The van der Waals surface area contributed by atoms with Crippen molar-refractivity contribution in [3.63, 3.8) is 0 Å². The highest BCUT2D eigenvalue weighted by atomic mass is 16.5. The summed E-state index contributed by atoms with van der Waals surface area (Å²) in [6.45, 7) is 6.56. The van der Waals surface area contributed by atoms with Crippen LogP contribution < -0.4 is 9.47 Å². The van der Waals surface area contributed by atoms with Crippen LogP contribution in [-0.2, 0) is 0 Å². The number of rotatable bonds is 4. The van der Waals surface area contributed by atoms with E-state index in [1.807, 2.05) is 42.5 Å². The molecule has 2 aromatic rings. The average Bonchev–Trinajstić information content (AvgIpc) is 2.45. The first-order valence-electron chi connectivity index (χ1n) is 6.86. The summed E-state index contributed by atoms with van der Waals surface area (Å²) in [5.41, 5.74) is 1.16. The van der Waals surface area contributed by atoms with E-state index in [-0.39, 0.29) is 11.5 Å². The van der Waals surface area contributed by atoms with Crippen LogP contribution in [0.4, 0.5) is 0 Å². The molecule has 0 aliphatic heterocycles. The molecule has 2 heteroatoms. The summed E-state index contributed by atoms with van der Waals surface area (Å²) in [4.78, 5) is 0. The smallest absolute Gasteiger partial charge is 0.129 e. The Kier molecular flexibility index (Phi) is 4.33. The molecule has 0 amide bonds. The Morgan fingerprint density at radius 3 is 1.90 bits per heavy atom. The van der Waals surface area contributed by atoms with E-state index in [2.05, 4.69) is 32.9 Å². The van der Waals surface area contributed by atoms with Crippen molar-refractivity contribution in [3.05, 3.63) is 60.2 Å². The van der Waals surface area contributed by atoms with Gasteiger partial charge in [-0.25, -0.2) is 0 Å². The highest BCUT2D eigenvalue weighted by molar-refractivity contribution is 5.31. The Labute approximate surface area is 121 Å². The first kappa shape index (κ1) is 14.4. The summed E-state index contributed by atoms with van der Waals surface area (Å²) in [6.07, 6.45) is -0.00388. The first-order chi connectivity index (χ1) is 9.50. The summed E-state index contributed by atoms with van der Waals surface area (Å²) >= 11 is 0. The fourth-order valence-electron chi connectivity index (χ4n) is 2.16. The van der Waals surface area contributed by atoms with Gasteiger partial charge < -0.3 is 9.47 Å². The molecule has 2 aromatic carbocycles. The molecule has 0 N–H and O–H groups in total. The molecule has 0 saturated heterocycles. The van der Waals surface area contributed by atoms with E-state index in [9.17, 15) is 0 Å². The standard InChI is InChI=1S/C18H22O2/c1-18(2,3)17(20-16-8-6-5-7-9-16)14-10-12-15(19-4)13-11-14/h5-13,17H,1-4H3. The monoisotopic (exact) mass is 270 g/mol. The normalized spacial score (nSPS) is 12.8. The maximum absolute atomic E-state index is 6.20. The van der Waals surface area contributed by atoms with E-state index in [0.29, 0.717) is 0 Å². The zero-order chi connectivity index (χ0) is 14.6. The first-order valence-corrected chi connectivity index (χ1v) is 6.86. The Morgan fingerprint density at radius 2 is 1.40 bits per heavy atom. The lowest BCUT2D eigenvalue weighted by Gasteiger charge is -2.31. The van der Waals surface area contributed by atoms with Crippen molar-refractivity contribution in [1.29, 1.82) is 0 Å². The molecule has 1 unspecified atom stereocenters. The van der Waals surface area contributed by atoms with E-state index in [1.165, 1.54) is 0 Å². The summed E-state index contributed by atoms with van der Waals surface area (Å²) in [6, 6.07) is 18.0. The van der Waals surface area contributed by atoms with Crippen molar-refractivity contribution in [2.75, 3.05) is 7.11 Å². The maximum Gasteiger partial charge on any atom is 0.129 e. The second kappa shape index (κ2) is 6.00. The summed E-state index contributed by atoms with van der Waals surface area (Å²) in [7, 11) is 1.68. The quantitative estimate of drug-likeness (QED) is 0.789. The van der Waals surface area contributed by atoms with Crippen molar-refractivity contribution in [1.82, 2.24) is 0 Å². The molecule has 1 atom stereocenters. The number of ether oxygens (including phenoxy) is 2. The van der Waals surface area contributed by atoms with E-state index < -0.39 is 0 Å². The molecule has 0 fully saturated rings. The van der Waals surface area contributed by atoms with Crippen LogP contribution in [0.2, 0.25) is 0 Å². The third kappa shape index (κ3) is 3.53. The van der Waals surface area contributed by atoms with Gasteiger partial charge in [0.25, 0.3) is 0 Å². The molecule has 20 heavy (non-hydrogen) atoms. The SMILES string of the molecule is COc1ccc(C(Oc2ccccc2)C(C)(C)C)cc1. The molecule has 0 aromatic heterocycles.